The summed E-state index contributed by atoms with van der Waals surface area (Å²) in [6.45, 7) is 0. The van der Waals surface area contributed by atoms with Gasteiger partial charge in [-0.15, -0.1) is 0 Å². The lowest BCUT2D eigenvalue weighted by atomic mass is 10.2. The molecule has 0 aliphatic carbocycles. The summed E-state index contributed by atoms with van der Waals surface area (Å²) < 4.78 is 37.1. The van der Waals surface area contributed by atoms with Crippen LogP contribution in [0.5, 0.6) is 0 Å². The lowest BCUT2D eigenvalue weighted by Crippen LogP contribution is -2.19. The Hall–Kier alpha value is -2.35. The average Bonchev–Trinajstić information content (AvgIpc) is 2.41. The number of alkyl halides is 3. The fourth-order valence-corrected chi connectivity index (χ4v) is 1.51. The van der Waals surface area contributed by atoms with Gasteiger partial charge in [0, 0.05) is 5.69 Å². The van der Waals surface area contributed by atoms with Gasteiger partial charge in [-0.1, -0.05) is 0 Å². The minimum atomic E-state index is -4.42. The van der Waals surface area contributed by atoms with E-state index in [1.165, 1.54) is 12.4 Å². The number of carbonyl (C=O) groups is 1. The third kappa shape index (κ3) is 4.32. The molecule has 110 valence electrons. The van der Waals surface area contributed by atoms with Gasteiger partial charge in [-0.25, -0.2) is 14.8 Å². The van der Waals surface area contributed by atoms with Crippen LogP contribution in [0.4, 0.5) is 29.3 Å². The van der Waals surface area contributed by atoms with Gasteiger partial charge in [0.15, 0.2) is 0 Å². The van der Waals surface area contributed by atoms with E-state index >= 15 is 0 Å². The molecule has 0 aliphatic heterocycles. The maximum atomic E-state index is 12.4. The van der Waals surface area contributed by atoms with Crippen LogP contribution in [-0.4, -0.2) is 16.0 Å². The summed E-state index contributed by atoms with van der Waals surface area (Å²) >= 11 is 5.49. The zero-order valence-corrected chi connectivity index (χ0v) is 11.0. The Morgan fingerprint density at radius 2 is 1.52 bits per heavy atom. The summed E-state index contributed by atoms with van der Waals surface area (Å²) in [5.41, 5.74) is -0.279. The highest BCUT2D eigenvalue weighted by Gasteiger charge is 2.29. The predicted octanol–water partition coefficient (Wildman–Crippen LogP) is 3.79. The molecule has 0 bridgehead atoms. The molecule has 1 aromatic carbocycles. The van der Waals surface area contributed by atoms with Crippen LogP contribution >= 0.6 is 11.6 Å². The SMILES string of the molecule is O=C(Nc1ccc(C(F)(F)F)cc1)Nc1cnc(Cl)nc1. The van der Waals surface area contributed by atoms with Crippen molar-refractivity contribution in [2.45, 2.75) is 6.18 Å². The van der Waals surface area contributed by atoms with Crippen LogP contribution < -0.4 is 10.6 Å². The third-order valence-corrected chi connectivity index (χ3v) is 2.54. The second-order valence-electron chi connectivity index (χ2n) is 3.90. The largest absolute Gasteiger partial charge is 0.416 e. The number of aromatic nitrogens is 2. The van der Waals surface area contributed by atoms with Crippen LogP contribution in [0.25, 0.3) is 0 Å². The normalized spacial score (nSPS) is 11.0. The van der Waals surface area contributed by atoms with E-state index < -0.39 is 17.8 Å². The maximum Gasteiger partial charge on any atom is 0.416 e. The minimum Gasteiger partial charge on any atom is -0.308 e. The quantitative estimate of drug-likeness (QED) is 0.828. The number of amides is 2. The monoisotopic (exact) mass is 316 g/mol. The zero-order valence-electron chi connectivity index (χ0n) is 10.3. The van der Waals surface area contributed by atoms with Crippen molar-refractivity contribution in [3.05, 3.63) is 47.5 Å². The molecule has 0 saturated heterocycles. The number of hydrogen-bond acceptors (Lipinski definition) is 3. The summed E-state index contributed by atoms with van der Waals surface area (Å²) in [5, 5.41) is 4.82. The number of nitrogens with one attached hydrogen (secondary N) is 2. The Balaban J connectivity index is 1.98. The van der Waals surface area contributed by atoms with Gasteiger partial charge in [-0.3, -0.25) is 0 Å². The van der Waals surface area contributed by atoms with Crippen molar-refractivity contribution in [2.24, 2.45) is 0 Å². The molecule has 0 atom stereocenters. The molecular formula is C12H8ClF3N4O. The zero-order chi connectivity index (χ0) is 15.5. The molecule has 0 radical (unpaired) electrons. The van der Waals surface area contributed by atoms with Crippen molar-refractivity contribution in [1.82, 2.24) is 9.97 Å². The Morgan fingerprint density at radius 1 is 1.00 bits per heavy atom. The van der Waals surface area contributed by atoms with Gasteiger partial charge < -0.3 is 10.6 Å². The standard InChI is InChI=1S/C12H8ClF3N4O/c13-10-17-5-9(6-18-10)20-11(21)19-8-3-1-7(2-4-8)12(14,15)16/h1-6H,(H2,19,20,21). The fourth-order valence-electron chi connectivity index (χ4n) is 1.41. The summed E-state index contributed by atoms with van der Waals surface area (Å²) in [6, 6.07) is 3.42. The first kappa shape index (κ1) is 15.0. The lowest BCUT2D eigenvalue weighted by Gasteiger charge is -2.09. The molecule has 2 N–H and O–H groups in total. The third-order valence-electron chi connectivity index (χ3n) is 2.35. The molecule has 2 rings (SSSR count). The predicted molar refractivity (Wildman–Crippen MR) is 71.1 cm³/mol. The van der Waals surface area contributed by atoms with Crippen LogP contribution in [0.2, 0.25) is 5.28 Å². The maximum absolute atomic E-state index is 12.4. The van der Waals surface area contributed by atoms with Crippen LogP contribution in [0.3, 0.4) is 0 Å². The van der Waals surface area contributed by atoms with E-state index in [0.29, 0.717) is 5.69 Å². The molecule has 0 aliphatic rings. The van der Waals surface area contributed by atoms with Gasteiger partial charge in [-0.2, -0.15) is 13.2 Å². The molecule has 21 heavy (non-hydrogen) atoms. The van der Waals surface area contributed by atoms with E-state index in [0.717, 1.165) is 24.3 Å². The van der Waals surface area contributed by atoms with Crippen molar-refractivity contribution < 1.29 is 18.0 Å². The van der Waals surface area contributed by atoms with E-state index in [2.05, 4.69) is 20.6 Å². The lowest BCUT2D eigenvalue weighted by molar-refractivity contribution is -0.137. The first-order chi connectivity index (χ1) is 9.84. The van der Waals surface area contributed by atoms with Gasteiger partial charge in [0.2, 0.25) is 5.28 Å². The van der Waals surface area contributed by atoms with E-state index in [1.807, 2.05) is 0 Å². The molecule has 0 saturated carbocycles. The van der Waals surface area contributed by atoms with E-state index in [1.54, 1.807) is 0 Å². The highest BCUT2D eigenvalue weighted by molar-refractivity contribution is 6.28. The average molecular weight is 317 g/mol. The molecular weight excluding hydrogens is 309 g/mol. The number of halogens is 4. The molecule has 2 amide bonds. The van der Waals surface area contributed by atoms with Crippen molar-refractivity contribution in [2.75, 3.05) is 10.6 Å². The molecule has 9 heteroatoms. The van der Waals surface area contributed by atoms with Crippen molar-refractivity contribution >= 4 is 29.0 Å². The van der Waals surface area contributed by atoms with Crippen molar-refractivity contribution in [3.8, 4) is 0 Å². The molecule has 0 unspecified atom stereocenters. The van der Waals surface area contributed by atoms with Gasteiger partial charge >= 0.3 is 12.2 Å². The van der Waals surface area contributed by atoms with Crippen molar-refractivity contribution in [3.63, 3.8) is 0 Å². The summed E-state index contributed by atoms with van der Waals surface area (Å²) in [4.78, 5) is 18.9. The Labute approximate surface area is 122 Å². The molecule has 5 nitrogen and oxygen atoms in total. The second kappa shape index (κ2) is 5.96. The van der Waals surface area contributed by atoms with E-state index in [9.17, 15) is 18.0 Å². The number of urea groups is 1. The number of benzene rings is 1. The number of carbonyl (C=O) groups excluding carboxylic acids is 1. The first-order valence-electron chi connectivity index (χ1n) is 5.57. The highest BCUT2D eigenvalue weighted by Crippen LogP contribution is 2.29. The summed E-state index contributed by atoms with van der Waals surface area (Å²) in [6.07, 6.45) is -1.83. The van der Waals surface area contributed by atoms with Gasteiger partial charge in [0.25, 0.3) is 0 Å². The molecule has 2 aromatic rings. The van der Waals surface area contributed by atoms with Gasteiger partial charge in [0.05, 0.1) is 23.6 Å². The number of rotatable bonds is 2. The van der Waals surface area contributed by atoms with Gasteiger partial charge in [0.1, 0.15) is 0 Å². The van der Waals surface area contributed by atoms with Crippen LogP contribution in [0.15, 0.2) is 36.7 Å². The Morgan fingerprint density at radius 3 is 2.05 bits per heavy atom. The van der Waals surface area contributed by atoms with Gasteiger partial charge in [-0.05, 0) is 35.9 Å². The fraction of sp³-hybridized carbons (Fsp3) is 0.0833. The summed E-state index contributed by atoms with van der Waals surface area (Å²) in [7, 11) is 0. The minimum absolute atomic E-state index is 0.0312. The smallest absolute Gasteiger partial charge is 0.308 e. The molecule has 0 fully saturated rings. The van der Waals surface area contributed by atoms with Crippen LogP contribution in [-0.2, 0) is 6.18 Å². The number of hydrogen-bond donors (Lipinski definition) is 2. The first-order valence-corrected chi connectivity index (χ1v) is 5.95. The number of anilines is 2. The second-order valence-corrected chi connectivity index (χ2v) is 4.23. The molecule has 0 spiro atoms. The number of nitrogens with zero attached hydrogens (tertiary/aromatic N) is 2. The van der Waals surface area contributed by atoms with Crippen molar-refractivity contribution in [1.29, 1.82) is 0 Å². The summed E-state index contributed by atoms with van der Waals surface area (Å²) in [5.74, 6) is 0. The molecule has 1 aromatic heterocycles. The Kier molecular flexibility index (Phi) is 4.27. The van der Waals surface area contributed by atoms with E-state index in [4.69, 9.17) is 11.6 Å². The highest BCUT2D eigenvalue weighted by atomic mass is 35.5. The van der Waals surface area contributed by atoms with E-state index in [-0.39, 0.29) is 11.0 Å². The Bertz CT molecular complexity index is 628. The topological polar surface area (TPSA) is 66.9 Å². The van der Waals surface area contributed by atoms with Crippen LogP contribution in [0, 0.1) is 0 Å². The molecule has 1 heterocycles. The van der Waals surface area contributed by atoms with Crippen LogP contribution in [0.1, 0.15) is 5.56 Å².